The first-order chi connectivity index (χ1) is 20.2. The number of amides is 1. The summed E-state index contributed by atoms with van der Waals surface area (Å²) >= 11 is 0. The van der Waals surface area contributed by atoms with Gasteiger partial charge in [-0.1, -0.05) is 37.8 Å². The molecule has 0 spiro atoms. The Morgan fingerprint density at radius 2 is 1.98 bits per heavy atom. The summed E-state index contributed by atoms with van der Waals surface area (Å²) < 4.78 is 20.2. The van der Waals surface area contributed by atoms with Crippen molar-refractivity contribution in [2.24, 2.45) is 5.92 Å². The van der Waals surface area contributed by atoms with Crippen LogP contribution >= 0.6 is 0 Å². The van der Waals surface area contributed by atoms with Crippen LogP contribution in [0.1, 0.15) is 43.0 Å². The lowest BCUT2D eigenvalue weighted by Gasteiger charge is -2.42. The van der Waals surface area contributed by atoms with E-state index in [4.69, 9.17) is 14.7 Å². The maximum Gasteiger partial charge on any atom is 0.318 e. The maximum absolute atomic E-state index is 14.0. The highest BCUT2D eigenvalue weighted by Crippen LogP contribution is 2.43. The number of ether oxygens (including phenoxy) is 1. The van der Waals surface area contributed by atoms with Crippen LogP contribution in [0.15, 0.2) is 49.1 Å². The van der Waals surface area contributed by atoms with E-state index in [0.717, 1.165) is 39.8 Å². The summed E-state index contributed by atoms with van der Waals surface area (Å²) in [6.07, 6.45) is 2.44. The monoisotopic (exact) mass is 573 g/mol. The number of benzene rings is 2. The van der Waals surface area contributed by atoms with Crippen LogP contribution in [0, 0.1) is 5.92 Å². The number of carbonyl (C=O) groups is 1. The van der Waals surface area contributed by atoms with Gasteiger partial charge >= 0.3 is 6.01 Å². The zero-order chi connectivity index (χ0) is 29.5. The number of rotatable bonds is 6. The number of halogens is 1. The topological polar surface area (TPSA) is 82.0 Å². The van der Waals surface area contributed by atoms with E-state index in [9.17, 15) is 14.3 Å². The molecule has 3 heterocycles. The molecule has 42 heavy (non-hydrogen) atoms. The number of aromatic nitrogens is 2. The number of aromatic hydroxyl groups is 1. The Labute approximate surface area is 246 Å². The van der Waals surface area contributed by atoms with Gasteiger partial charge in [0.2, 0.25) is 5.91 Å². The van der Waals surface area contributed by atoms with Gasteiger partial charge in [-0.2, -0.15) is 9.97 Å². The molecule has 0 saturated carbocycles. The lowest BCUT2D eigenvalue weighted by Crippen LogP contribution is -2.54. The normalized spacial score (nSPS) is 26.3. The van der Waals surface area contributed by atoms with E-state index in [0.29, 0.717) is 51.6 Å². The Bertz CT molecular complexity index is 1500. The summed E-state index contributed by atoms with van der Waals surface area (Å²) in [4.78, 5) is 28.3. The number of piperazine rings is 1. The second-order valence-corrected chi connectivity index (χ2v) is 12.3. The summed E-state index contributed by atoms with van der Waals surface area (Å²) in [6.45, 7) is 10.6. The van der Waals surface area contributed by atoms with Crippen LogP contribution in [0.4, 0.5) is 10.2 Å². The highest BCUT2D eigenvalue weighted by Gasteiger charge is 2.36. The quantitative estimate of drug-likeness (QED) is 0.435. The van der Waals surface area contributed by atoms with Crippen LogP contribution in [0.2, 0.25) is 0 Å². The molecule has 6 rings (SSSR count). The van der Waals surface area contributed by atoms with Crippen LogP contribution in [0.3, 0.4) is 0 Å². The van der Waals surface area contributed by atoms with Crippen molar-refractivity contribution in [1.29, 1.82) is 0 Å². The number of phenolic OH excluding ortho intramolecular Hbond substituents is 1. The Morgan fingerprint density at radius 3 is 2.71 bits per heavy atom. The molecule has 1 amide bonds. The number of hydrogen-bond donors (Lipinski definition) is 1. The molecule has 2 saturated heterocycles. The molecule has 2 aromatic carbocycles. The van der Waals surface area contributed by atoms with Crippen LogP contribution < -0.4 is 9.64 Å². The minimum absolute atomic E-state index is 0.0260. The Morgan fingerprint density at radius 1 is 1.17 bits per heavy atom. The van der Waals surface area contributed by atoms with Crippen molar-refractivity contribution in [2.45, 2.75) is 57.3 Å². The fraction of sp³-hybridized carbons (Fsp3) is 0.485. The number of nitrogens with zero attached hydrogens (tertiary/aromatic N) is 5. The molecular weight excluding hydrogens is 533 g/mol. The number of fused-ring (bicyclic) bond motifs is 2. The van der Waals surface area contributed by atoms with Crippen LogP contribution in [-0.4, -0.2) is 88.9 Å². The zero-order valence-electron chi connectivity index (χ0n) is 24.7. The van der Waals surface area contributed by atoms with Crippen molar-refractivity contribution in [3.8, 4) is 11.8 Å². The fourth-order valence-corrected chi connectivity index (χ4v) is 7.07. The Kier molecular flexibility index (Phi) is 7.79. The second kappa shape index (κ2) is 11.5. The summed E-state index contributed by atoms with van der Waals surface area (Å²) in [7, 11) is 1.92. The van der Waals surface area contributed by atoms with Crippen LogP contribution in [0.25, 0.3) is 10.8 Å². The zero-order valence-corrected chi connectivity index (χ0v) is 24.7. The highest BCUT2D eigenvalue weighted by atomic mass is 19.1. The third kappa shape index (κ3) is 5.42. The van der Waals surface area contributed by atoms with E-state index in [2.05, 4.69) is 31.4 Å². The van der Waals surface area contributed by atoms with E-state index in [-0.39, 0.29) is 35.6 Å². The number of alkyl halides is 1. The Hall–Kier alpha value is -3.72. The standard InChI is InChI=1S/C33H40FN5O3/c1-5-31(41)38-10-11-39(21(3)17-38)32-29-12-20(2)27(28-15-25(40)13-22-8-6-7-9-26(22)28)16-30(29)35-33(36-32)42-19-24-14-23(34)18-37(24)4/h5-9,13,15,20-21,23-24,27,40H,1,10-12,14,16-19H2,2-4H3/t20-,21+,23+,24+,27-/m1/s1. The van der Waals surface area contributed by atoms with Crippen molar-refractivity contribution in [3.63, 3.8) is 0 Å². The van der Waals surface area contributed by atoms with Crippen molar-refractivity contribution in [1.82, 2.24) is 19.8 Å². The van der Waals surface area contributed by atoms with E-state index >= 15 is 0 Å². The van der Waals surface area contributed by atoms with Crippen LogP contribution in [-0.2, 0) is 17.6 Å². The van der Waals surface area contributed by atoms with Gasteiger partial charge in [0.25, 0.3) is 0 Å². The average molecular weight is 574 g/mol. The minimum Gasteiger partial charge on any atom is -0.508 e. The molecule has 0 radical (unpaired) electrons. The van der Waals surface area contributed by atoms with E-state index < -0.39 is 6.17 Å². The first kappa shape index (κ1) is 28.4. The summed E-state index contributed by atoms with van der Waals surface area (Å²) in [5, 5.41) is 12.7. The van der Waals surface area contributed by atoms with Gasteiger partial charge in [0, 0.05) is 43.8 Å². The highest BCUT2D eigenvalue weighted by molar-refractivity contribution is 5.88. The molecule has 9 heteroatoms. The molecule has 5 atom stereocenters. The third-order valence-electron chi connectivity index (χ3n) is 9.38. The number of phenols is 1. The number of likely N-dealkylation sites (N-methyl/N-ethyl adjacent to an activating group) is 1. The molecule has 1 aromatic heterocycles. The third-order valence-corrected chi connectivity index (χ3v) is 9.38. The predicted octanol–water partition coefficient (Wildman–Crippen LogP) is 4.50. The van der Waals surface area contributed by atoms with Gasteiger partial charge in [-0.3, -0.25) is 9.69 Å². The molecule has 1 aliphatic carbocycles. The molecule has 2 aliphatic heterocycles. The summed E-state index contributed by atoms with van der Waals surface area (Å²) in [5.41, 5.74) is 3.19. The number of hydrogen-bond acceptors (Lipinski definition) is 7. The molecule has 0 bridgehead atoms. The van der Waals surface area contributed by atoms with Gasteiger partial charge in [0.1, 0.15) is 24.3 Å². The maximum atomic E-state index is 14.0. The van der Waals surface area contributed by atoms with Crippen molar-refractivity contribution < 1.29 is 19.0 Å². The number of likely N-dealkylation sites (tertiary alicyclic amines) is 1. The van der Waals surface area contributed by atoms with Gasteiger partial charge in [-0.25, -0.2) is 4.39 Å². The first-order valence-corrected chi connectivity index (χ1v) is 15.0. The van der Waals surface area contributed by atoms with Gasteiger partial charge in [-0.05, 0) is 79.6 Å². The van der Waals surface area contributed by atoms with E-state index in [1.54, 1.807) is 0 Å². The summed E-state index contributed by atoms with van der Waals surface area (Å²) in [6, 6.07) is 12.2. The smallest absolute Gasteiger partial charge is 0.318 e. The first-order valence-electron chi connectivity index (χ1n) is 15.0. The largest absolute Gasteiger partial charge is 0.508 e. The average Bonchev–Trinajstić information content (AvgIpc) is 3.30. The van der Waals surface area contributed by atoms with Crippen molar-refractivity contribution >= 4 is 22.5 Å². The number of carbonyl (C=O) groups excluding carboxylic acids is 1. The predicted molar refractivity (Wildman–Crippen MR) is 162 cm³/mol. The van der Waals surface area contributed by atoms with Crippen molar-refractivity contribution in [2.75, 3.05) is 44.7 Å². The van der Waals surface area contributed by atoms with E-state index in [1.807, 2.05) is 47.2 Å². The molecule has 3 aromatic rings. The van der Waals surface area contributed by atoms with Gasteiger partial charge in [0.15, 0.2) is 0 Å². The Balaban J connectivity index is 1.36. The second-order valence-electron chi connectivity index (χ2n) is 12.3. The van der Waals surface area contributed by atoms with Gasteiger partial charge < -0.3 is 19.6 Å². The molecule has 1 N–H and O–H groups in total. The molecule has 3 aliphatic rings. The van der Waals surface area contributed by atoms with Gasteiger partial charge in [-0.15, -0.1) is 0 Å². The fourth-order valence-electron chi connectivity index (χ4n) is 7.07. The van der Waals surface area contributed by atoms with Crippen molar-refractivity contribution in [3.05, 3.63) is 65.9 Å². The van der Waals surface area contributed by atoms with Gasteiger partial charge in [0.05, 0.1) is 5.69 Å². The molecule has 222 valence electrons. The summed E-state index contributed by atoms with van der Waals surface area (Å²) in [5.74, 6) is 1.50. The SMILES string of the molecule is C=CC(=O)N1CCN(c2nc(OC[C@@H]3C[C@H](F)CN3C)nc3c2C[C@@H](C)[C@H](c2cc(O)cc4ccccc24)C3)[C@@H](C)C1. The lowest BCUT2D eigenvalue weighted by molar-refractivity contribution is -0.126. The molecular formula is C33H40FN5O3. The molecule has 0 unspecified atom stereocenters. The molecule has 2 fully saturated rings. The van der Waals surface area contributed by atoms with Crippen LogP contribution in [0.5, 0.6) is 11.8 Å². The number of anilines is 1. The lowest BCUT2D eigenvalue weighted by atomic mass is 9.74. The minimum atomic E-state index is -0.849. The molecule has 8 nitrogen and oxygen atoms in total. The van der Waals surface area contributed by atoms with E-state index in [1.165, 1.54) is 6.08 Å².